The second-order valence-electron chi connectivity index (χ2n) is 5.06. The lowest BCUT2D eigenvalue weighted by molar-refractivity contribution is 0.427. The van der Waals surface area contributed by atoms with Crippen LogP contribution in [-0.2, 0) is 6.54 Å². The molecule has 1 fully saturated rings. The summed E-state index contributed by atoms with van der Waals surface area (Å²) in [4.78, 5) is 0. The van der Waals surface area contributed by atoms with Gasteiger partial charge in [-0.25, -0.2) is 4.68 Å². The normalized spacial score (nSPS) is 18.7. The molecule has 5 heteroatoms. The van der Waals surface area contributed by atoms with Crippen molar-refractivity contribution in [3.8, 4) is 0 Å². The largest absolute Gasteiger partial charge is 0.311 e. The second kappa shape index (κ2) is 6.10. The van der Waals surface area contributed by atoms with Gasteiger partial charge >= 0.3 is 0 Å². The molecule has 1 aromatic rings. The Labute approximate surface area is 103 Å². The van der Waals surface area contributed by atoms with Crippen molar-refractivity contribution < 1.29 is 0 Å². The van der Waals surface area contributed by atoms with Crippen molar-refractivity contribution in [2.45, 2.75) is 58.0 Å². The lowest BCUT2D eigenvalue weighted by Gasteiger charge is -2.11. The average Bonchev–Trinajstić information content (AvgIpc) is 2.99. The number of tetrazole rings is 1. The van der Waals surface area contributed by atoms with Crippen LogP contribution in [0.5, 0.6) is 0 Å². The van der Waals surface area contributed by atoms with Gasteiger partial charge in [-0.1, -0.05) is 25.7 Å². The number of aryl methyl sites for hydroxylation is 1. The number of nitrogens with one attached hydrogen (secondary N) is 1. The topological polar surface area (TPSA) is 55.6 Å². The van der Waals surface area contributed by atoms with Gasteiger partial charge in [-0.3, -0.25) is 0 Å². The highest BCUT2D eigenvalue weighted by molar-refractivity contribution is 4.88. The Bertz CT molecular complexity index is 329. The van der Waals surface area contributed by atoms with Crippen LogP contribution in [0.3, 0.4) is 0 Å². The summed E-state index contributed by atoms with van der Waals surface area (Å²) in [5, 5.41) is 15.1. The summed E-state index contributed by atoms with van der Waals surface area (Å²) in [5.74, 6) is 1.90. The van der Waals surface area contributed by atoms with Crippen molar-refractivity contribution >= 4 is 0 Å². The highest BCUT2D eigenvalue weighted by Gasteiger charge is 2.16. The maximum Gasteiger partial charge on any atom is 0.167 e. The Balaban J connectivity index is 1.79. The van der Waals surface area contributed by atoms with E-state index < -0.39 is 0 Å². The van der Waals surface area contributed by atoms with Crippen LogP contribution in [0.4, 0.5) is 0 Å². The van der Waals surface area contributed by atoms with Crippen molar-refractivity contribution in [2.75, 3.05) is 7.05 Å². The van der Waals surface area contributed by atoms with E-state index in [2.05, 4.69) is 27.8 Å². The quantitative estimate of drug-likeness (QED) is 0.821. The van der Waals surface area contributed by atoms with E-state index >= 15 is 0 Å². The van der Waals surface area contributed by atoms with E-state index in [0.717, 1.165) is 18.3 Å². The molecule has 1 atom stereocenters. The Hall–Kier alpha value is -0.970. The summed E-state index contributed by atoms with van der Waals surface area (Å²) in [7, 11) is 1.93. The summed E-state index contributed by atoms with van der Waals surface area (Å²) >= 11 is 0. The molecule has 1 unspecified atom stereocenters. The second-order valence-corrected chi connectivity index (χ2v) is 5.06. The van der Waals surface area contributed by atoms with E-state index in [9.17, 15) is 0 Å². The third kappa shape index (κ3) is 3.25. The lowest BCUT2D eigenvalue weighted by atomic mass is 10.0. The first-order chi connectivity index (χ1) is 8.31. The van der Waals surface area contributed by atoms with E-state index in [4.69, 9.17) is 0 Å². The molecule has 0 amide bonds. The van der Waals surface area contributed by atoms with Gasteiger partial charge in [0.1, 0.15) is 0 Å². The van der Waals surface area contributed by atoms with Crippen LogP contribution < -0.4 is 5.32 Å². The van der Waals surface area contributed by atoms with Crippen LogP contribution >= 0.6 is 0 Å². The fraction of sp³-hybridized carbons (Fsp3) is 0.917. The molecular formula is C12H23N5. The summed E-state index contributed by atoms with van der Waals surface area (Å²) < 4.78 is 1.94. The number of hydrogen-bond donors (Lipinski definition) is 1. The summed E-state index contributed by atoms with van der Waals surface area (Å²) in [5.41, 5.74) is 0. The third-order valence-corrected chi connectivity index (χ3v) is 3.84. The van der Waals surface area contributed by atoms with Crippen molar-refractivity contribution in [1.29, 1.82) is 0 Å². The van der Waals surface area contributed by atoms with E-state index in [1.807, 2.05) is 11.7 Å². The molecule has 0 radical (unpaired) electrons. The molecule has 0 bridgehead atoms. The minimum Gasteiger partial charge on any atom is -0.311 e. The van der Waals surface area contributed by atoms with E-state index in [1.165, 1.54) is 38.5 Å². The zero-order chi connectivity index (χ0) is 12.1. The zero-order valence-corrected chi connectivity index (χ0v) is 10.9. The van der Waals surface area contributed by atoms with Gasteiger partial charge in [0.15, 0.2) is 5.82 Å². The first-order valence-electron chi connectivity index (χ1n) is 6.74. The molecule has 1 heterocycles. The van der Waals surface area contributed by atoms with Crippen LogP contribution in [-0.4, -0.2) is 27.3 Å². The number of rotatable bonds is 6. The van der Waals surface area contributed by atoms with Gasteiger partial charge in [0.05, 0.1) is 6.04 Å². The summed E-state index contributed by atoms with van der Waals surface area (Å²) in [6, 6.07) is 0.219. The predicted octanol–water partition coefficient (Wildman–Crippen LogP) is 1.92. The molecule has 0 spiro atoms. The van der Waals surface area contributed by atoms with Gasteiger partial charge in [-0.05, 0) is 43.2 Å². The highest BCUT2D eigenvalue weighted by Crippen LogP contribution is 2.28. The molecule has 1 saturated carbocycles. The van der Waals surface area contributed by atoms with Crippen LogP contribution in [0.25, 0.3) is 0 Å². The van der Waals surface area contributed by atoms with Gasteiger partial charge in [-0.15, -0.1) is 5.10 Å². The molecule has 0 saturated heterocycles. The van der Waals surface area contributed by atoms with Gasteiger partial charge in [0.25, 0.3) is 0 Å². The molecule has 1 aliphatic rings. The van der Waals surface area contributed by atoms with Gasteiger partial charge in [0.2, 0.25) is 0 Å². The predicted molar refractivity (Wildman–Crippen MR) is 66.5 cm³/mol. The van der Waals surface area contributed by atoms with Crippen molar-refractivity contribution in [1.82, 2.24) is 25.5 Å². The molecular weight excluding hydrogens is 214 g/mol. The number of aromatic nitrogens is 4. The molecule has 17 heavy (non-hydrogen) atoms. The molecule has 96 valence electrons. The molecule has 0 aromatic carbocycles. The first-order valence-corrected chi connectivity index (χ1v) is 6.74. The van der Waals surface area contributed by atoms with Gasteiger partial charge < -0.3 is 5.32 Å². The van der Waals surface area contributed by atoms with Gasteiger partial charge in [0, 0.05) is 6.54 Å². The fourth-order valence-corrected chi connectivity index (χ4v) is 2.64. The Morgan fingerprint density at radius 3 is 2.88 bits per heavy atom. The van der Waals surface area contributed by atoms with Crippen LogP contribution in [0.15, 0.2) is 0 Å². The Morgan fingerprint density at radius 1 is 1.41 bits per heavy atom. The van der Waals surface area contributed by atoms with Crippen molar-refractivity contribution in [3.63, 3.8) is 0 Å². The van der Waals surface area contributed by atoms with E-state index in [0.29, 0.717) is 0 Å². The van der Waals surface area contributed by atoms with Crippen molar-refractivity contribution in [2.24, 2.45) is 5.92 Å². The van der Waals surface area contributed by atoms with E-state index in [1.54, 1.807) is 0 Å². The van der Waals surface area contributed by atoms with Crippen LogP contribution in [0.2, 0.25) is 0 Å². The Kier molecular flexibility index (Phi) is 4.48. The van der Waals surface area contributed by atoms with Gasteiger partial charge in [-0.2, -0.15) is 0 Å². The maximum absolute atomic E-state index is 4.08. The SMILES string of the molecule is CNC(C)c1nnnn1CCCC1CCCC1. The molecule has 1 aromatic heterocycles. The fourth-order valence-electron chi connectivity index (χ4n) is 2.64. The molecule has 2 rings (SSSR count). The van der Waals surface area contributed by atoms with Crippen molar-refractivity contribution in [3.05, 3.63) is 5.82 Å². The maximum atomic E-state index is 4.08. The summed E-state index contributed by atoms with van der Waals surface area (Å²) in [6.45, 7) is 3.03. The summed E-state index contributed by atoms with van der Waals surface area (Å²) in [6.07, 6.45) is 8.23. The van der Waals surface area contributed by atoms with Crippen LogP contribution in [0, 0.1) is 5.92 Å². The number of nitrogens with zero attached hydrogens (tertiary/aromatic N) is 4. The third-order valence-electron chi connectivity index (χ3n) is 3.84. The molecule has 0 aliphatic heterocycles. The highest BCUT2D eigenvalue weighted by atomic mass is 15.5. The lowest BCUT2D eigenvalue weighted by Crippen LogP contribution is -2.18. The minimum absolute atomic E-state index is 0.219. The molecule has 1 N–H and O–H groups in total. The van der Waals surface area contributed by atoms with E-state index in [-0.39, 0.29) is 6.04 Å². The van der Waals surface area contributed by atoms with Crippen LogP contribution in [0.1, 0.15) is 57.3 Å². The smallest absolute Gasteiger partial charge is 0.167 e. The molecule has 5 nitrogen and oxygen atoms in total. The average molecular weight is 237 g/mol. The Morgan fingerprint density at radius 2 is 2.18 bits per heavy atom. The standard InChI is InChI=1S/C12H23N5/c1-10(13-2)12-14-15-16-17(12)9-5-8-11-6-3-4-7-11/h10-11,13H,3-9H2,1-2H3. The zero-order valence-electron chi connectivity index (χ0n) is 10.9. The number of hydrogen-bond acceptors (Lipinski definition) is 4. The monoisotopic (exact) mass is 237 g/mol. The molecule has 1 aliphatic carbocycles. The minimum atomic E-state index is 0.219. The first kappa shape index (κ1) is 12.5.